The van der Waals surface area contributed by atoms with Gasteiger partial charge < -0.3 is 5.73 Å². The summed E-state index contributed by atoms with van der Waals surface area (Å²) in [5.74, 6) is 0.607. The van der Waals surface area contributed by atoms with Gasteiger partial charge in [-0.05, 0) is 56.9 Å². The van der Waals surface area contributed by atoms with Crippen molar-refractivity contribution in [2.45, 2.75) is 66.0 Å². The largest absolute Gasteiger partial charge is 0.327 e. The second-order valence-electron chi connectivity index (χ2n) is 6.63. The molecule has 1 aromatic heterocycles. The van der Waals surface area contributed by atoms with Crippen molar-refractivity contribution in [3.63, 3.8) is 0 Å². The van der Waals surface area contributed by atoms with E-state index in [0.29, 0.717) is 17.4 Å². The Bertz CT molecular complexity index is 406. The minimum atomic E-state index is 0.360. The van der Waals surface area contributed by atoms with E-state index in [0.717, 1.165) is 25.1 Å². The van der Waals surface area contributed by atoms with Gasteiger partial charge in [0.2, 0.25) is 0 Å². The molecule has 1 saturated carbocycles. The van der Waals surface area contributed by atoms with Crippen LogP contribution in [0.5, 0.6) is 0 Å². The van der Waals surface area contributed by atoms with Gasteiger partial charge in [0, 0.05) is 18.3 Å². The van der Waals surface area contributed by atoms with Crippen molar-refractivity contribution in [3.05, 3.63) is 17.5 Å². The summed E-state index contributed by atoms with van der Waals surface area (Å²) in [6.45, 7) is 9.91. The molecule has 0 amide bonds. The molecule has 2 atom stereocenters. The van der Waals surface area contributed by atoms with Crippen molar-refractivity contribution in [1.82, 2.24) is 9.78 Å². The molecule has 2 unspecified atom stereocenters. The van der Waals surface area contributed by atoms with Crippen LogP contribution in [0.1, 0.15) is 51.4 Å². The fourth-order valence-electron chi connectivity index (χ4n) is 3.29. The molecule has 0 aliphatic heterocycles. The van der Waals surface area contributed by atoms with E-state index < -0.39 is 0 Å². The highest BCUT2D eigenvalue weighted by atomic mass is 15.3. The molecule has 3 heteroatoms. The number of aryl methyl sites for hydroxylation is 2. The Kier molecular flexibility index (Phi) is 3.81. The smallest absolute Gasteiger partial charge is 0.0596 e. The monoisotopic (exact) mass is 249 g/mol. The van der Waals surface area contributed by atoms with E-state index in [4.69, 9.17) is 5.73 Å². The zero-order valence-corrected chi connectivity index (χ0v) is 12.2. The SMILES string of the molecule is CCn1nc(C)cc1CC1CC(C)(C)CCC1N. The summed E-state index contributed by atoms with van der Waals surface area (Å²) < 4.78 is 2.13. The molecule has 1 aliphatic rings. The summed E-state index contributed by atoms with van der Waals surface area (Å²) in [6.07, 6.45) is 4.75. The standard InChI is InChI=1S/C15H27N3/c1-5-18-13(8-11(2)17-18)9-12-10-15(3,4)7-6-14(12)16/h8,12,14H,5-7,9-10,16H2,1-4H3. The van der Waals surface area contributed by atoms with Crippen LogP contribution >= 0.6 is 0 Å². The number of nitrogens with two attached hydrogens (primary N) is 1. The number of rotatable bonds is 3. The van der Waals surface area contributed by atoms with E-state index in [1.165, 1.54) is 18.5 Å². The predicted molar refractivity (Wildman–Crippen MR) is 75.4 cm³/mol. The van der Waals surface area contributed by atoms with Gasteiger partial charge in [0.15, 0.2) is 0 Å². The van der Waals surface area contributed by atoms with Gasteiger partial charge in [0.1, 0.15) is 0 Å². The van der Waals surface area contributed by atoms with Gasteiger partial charge in [0.25, 0.3) is 0 Å². The molecule has 0 radical (unpaired) electrons. The first-order valence-electron chi connectivity index (χ1n) is 7.20. The highest BCUT2D eigenvalue weighted by molar-refractivity contribution is 5.11. The first-order valence-corrected chi connectivity index (χ1v) is 7.20. The quantitative estimate of drug-likeness (QED) is 0.895. The molecule has 0 aromatic carbocycles. The minimum Gasteiger partial charge on any atom is -0.327 e. The highest BCUT2D eigenvalue weighted by Crippen LogP contribution is 2.39. The Balaban J connectivity index is 2.11. The molecular weight excluding hydrogens is 222 g/mol. The molecule has 1 fully saturated rings. The van der Waals surface area contributed by atoms with E-state index in [9.17, 15) is 0 Å². The van der Waals surface area contributed by atoms with Crippen LogP contribution in [-0.4, -0.2) is 15.8 Å². The number of hydrogen-bond donors (Lipinski definition) is 1. The Labute approximate surface area is 111 Å². The van der Waals surface area contributed by atoms with Crippen LogP contribution in [0.25, 0.3) is 0 Å². The fourth-order valence-corrected chi connectivity index (χ4v) is 3.29. The molecule has 0 bridgehead atoms. The van der Waals surface area contributed by atoms with Gasteiger partial charge >= 0.3 is 0 Å². The second kappa shape index (κ2) is 5.04. The Morgan fingerprint density at radius 2 is 2.22 bits per heavy atom. The van der Waals surface area contributed by atoms with E-state index in [1.54, 1.807) is 0 Å². The second-order valence-corrected chi connectivity index (χ2v) is 6.63. The van der Waals surface area contributed by atoms with Gasteiger partial charge in [-0.3, -0.25) is 4.68 Å². The molecule has 0 saturated heterocycles. The van der Waals surface area contributed by atoms with Crippen molar-refractivity contribution in [1.29, 1.82) is 0 Å². The van der Waals surface area contributed by atoms with E-state index in [2.05, 4.69) is 43.5 Å². The van der Waals surface area contributed by atoms with Crippen molar-refractivity contribution >= 4 is 0 Å². The average Bonchev–Trinajstić information content (AvgIpc) is 2.64. The normalized spacial score (nSPS) is 27.4. The van der Waals surface area contributed by atoms with Gasteiger partial charge in [-0.15, -0.1) is 0 Å². The maximum atomic E-state index is 6.32. The van der Waals surface area contributed by atoms with E-state index in [1.807, 2.05) is 0 Å². The van der Waals surface area contributed by atoms with Crippen LogP contribution in [0.4, 0.5) is 0 Å². The van der Waals surface area contributed by atoms with Crippen LogP contribution in [-0.2, 0) is 13.0 Å². The minimum absolute atomic E-state index is 0.360. The summed E-state index contributed by atoms with van der Waals surface area (Å²) >= 11 is 0. The molecule has 2 N–H and O–H groups in total. The van der Waals surface area contributed by atoms with Crippen molar-refractivity contribution < 1.29 is 0 Å². The van der Waals surface area contributed by atoms with Gasteiger partial charge in [-0.25, -0.2) is 0 Å². The molecule has 1 aromatic rings. The number of hydrogen-bond acceptors (Lipinski definition) is 2. The summed E-state index contributed by atoms with van der Waals surface area (Å²) in [5.41, 5.74) is 9.24. The molecule has 0 spiro atoms. The zero-order chi connectivity index (χ0) is 13.3. The first kappa shape index (κ1) is 13.6. The summed E-state index contributed by atoms with van der Waals surface area (Å²) in [7, 11) is 0. The molecule has 1 heterocycles. The predicted octanol–water partition coefficient (Wildman–Crippen LogP) is 2.91. The van der Waals surface area contributed by atoms with Crippen molar-refractivity contribution in [2.24, 2.45) is 17.1 Å². The van der Waals surface area contributed by atoms with Gasteiger partial charge in [0.05, 0.1) is 5.69 Å². The molecule has 2 rings (SSSR count). The lowest BCUT2D eigenvalue weighted by Gasteiger charge is -2.39. The molecule has 102 valence electrons. The van der Waals surface area contributed by atoms with Crippen LogP contribution in [0, 0.1) is 18.3 Å². The lowest BCUT2D eigenvalue weighted by Crippen LogP contribution is -2.40. The average molecular weight is 249 g/mol. The van der Waals surface area contributed by atoms with E-state index >= 15 is 0 Å². The topological polar surface area (TPSA) is 43.8 Å². The Hall–Kier alpha value is -0.830. The summed E-state index contributed by atoms with van der Waals surface area (Å²) in [6, 6.07) is 2.58. The zero-order valence-electron chi connectivity index (χ0n) is 12.2. The number of aromatic nitrogens is 2. The summed E-state index contributed by atoms with van der Waals surface area (Å²) in [5, 5.41) is 4.53. The fraction of sp³-hybridized carbons (Fsp3) is 0.800. The van der Waals surface area contributed by atoms with E-state index in [-0.39, 0.29) is 0 Å². The third-order valence-electron chi connectivity index (χ3n) is 4.33. The molecular formula is C15H27N3. The molecule has 1 aliphatic carbocycles. The van der Waals surface area contributed by atoms with Crippen molar-refractivity contribution in [3.8, 4) is 0 Å². The lowest BCUT2D eigenvalue weighted by atomic mass is 9.69. The van der Waals surface area contributed by atoms with Crippen LogP contribution in [0.3, 0.4) is 0 Å². The molecule has 3 nitrogen and oxygen atoms in total. The lowest BCUT2D eigenvalue weighted by molar-refractivity contribution is 0.155. The summed E-state index contributed by atoms with van der Waals surface area (Å²) in [4.78, 5) is 0. The van der Waals surface area contributed by atoms with Crippen LogP contribution in [0.15, 0.2) is 6.07 Å². The Morgan fingerprint density at radius 3 is 2.89 bits per heavy atom. The Morgan fingerprint density at radius 1 is 1.50 bits per heavy atom. The first-order chi connectivity index (χ1) is 8.41. The maximum Gasteiger partial charge on any atom is 0.0596 e. The molecule has 18 heavy (non-hydrogen) atoms. The third kappa shape index (κ3) is 2.94. The maximum absolute atomic E-state index is 6.32. The van der Waals surface area contributed by atoms with Crippen LogP contribution in [0.2, 0.25) is 0 Å². The number of nitrogens with zero attached hydrogens (tertiary/aromatic N) is 2. The van der Waals surface area contributed by atoms with Crippen molar-refractivity contribution in [2.75, 3.05) is 0 Å². The third-order valence-corrected chi connectivity index (χ3v) is 4.33. The van der Waals surface area contributed by atoms with Crippen LogP contribution < -0.4 is 5.73 Å². The van der Waals surface area contributed by atoms with Gasteiger partial charge in [-0.1, -0.05) is 13.8 Å². The van der Waals surface area contributed by atoms with Gasteiger partial charge in [-0.2, -0.15) is 5.10 Å². The highest BCUT2D eigenvalue weighted by Gasteiger charge is 2.33.